The minimum atomic E-state index is -5.08. The number of carboxylic acid groups (broad SMARTS) is 1. The number of nitrogen functional groups attached to an aromatic ring is 1. The molecule has 2 rings (SSSR count). The molecule has 24 heavy (non-hydrogen) atoms. The second-order valence-electron chi connectivity index (χ2n) is 4.46. The summed E-state index contributed by atoms with van der Waals surface area (Å²) in [6.45, 7) is 0. The van der Waals surface area contributed by atoms with Crippen molar-refractivity contribution in [2.75, 3.05) is 5.73 Å². The number of aryl methyl sites for hydroxylation is 1. The van der Waals surface area contributed by atoms with Crippen LogP contribution in [0, 0.1) is 0 Å². The Morgan fingerprint density at radius 1 is 1.12 bits per heavy atom. The van der Waals surface area contributed by atoms with Crippen LogP contribution >= 0.6 is 0 Å². The molecule has 0 fully saturated rings. The highest BCUT2D eigenvalue weighted by Gasteiger charge is 2.38. The second-order valence-corrected chi connectivity index (χ2v) is 4.46. The summed E-state index contributed by atoms with van der Waals surface area (Å²) in [5, 5.41) is 10.6. The van der Waals surface area contributed by atoms with Gasteiger partial charge in [-0.2, -0.15) is 31.4 Å². The fourth-order valence-corrected chi connectivity index (χ4v) is 1.53. The predicted octanol–water partition coefficient (Wildman–Crippen LogP) is 3.32. The summed E-state index contributed by atoms with van der Waals surface area (Å²) in [7, 11) is 1.47. The first-order chi connectivity index (χ1) is 10.8. The molecule has 5 nitrogen and oxygen atoms in total. The van der Waals surface area contributed by atoms with Gasteiger partial charge in [0, 0.05) is 12.7 Å². The van der Waals surface area contributed by atoms with E-state index in [1.54, 1.807) is 24.3 Å². The minimum Gasteiger partial charge on any atom is -0.475 e. The molecular formula is C13H11F6N3O2. The van der Waals surface area contributed by atoms with Crippen LogP contribution in [-0.4, -0.2) is 27.0 Å². The molecule has 0 aliphatic heterocycles. The fraction of sp³-hybridized carbons (Fsp3) is 0.231. The van der Waals surface area contributed by atoms with Crippen molar-refractivity contribution in [3.63, 3.8) is 0 Å². The van der Waals surface area contributed by atoms with Gasteiger partial charge in [0.05, 0.1) is 5.69 Å². The first-order valence-electron chi connectivity index (χ1n) is 6.09. The number of hydrogen-bond donors (Lipinski definition) is 2. The van der Waals surface area contributed by atoms with Crippen LogP contribution in [0.15, 0.2) is 30.3 Å². The molecule has 0 aliphatic rings. The highest BCUT2D eigenvalue weighted by molar-refractivity contribution is 5.73. The molecule has 3 N–H and O–H groups in total. The van der Waals surface area contributed by atoms with Crippen LogP contribution in [0.25, 0.3) is 11.3 Å². The average Bonchev–Trinajstić information content (AvgIpc) is 2.81. The smallest absolute Gasteiger partial charge is 0.475 e. The number of aliphatic carboxylic acids is 1. The molecule has 0 saturated heterocycles. The SMILES string of the molecule is Cn1nc(C(F)(F)F)cc1-c1ccc(N)cc1.O=C(O)C(F)(F)F. The van der Waals surface area contributed by atoms with E-state index in [0.717, 1.165) is 6.07 Å². The first kappa shape index (κ1) is 19.3. The number of nitrogens with two attached hydrogens (primary N) is 1. The van der Waals surface area contributed by atoms with Gasteiger partial charge in [-0.05, 0) is 23.8 Å². The van der Waals surface area contributed by atoms with Crippen LogP contribution < -0.4 is 5.73 Å². The van der Waals surface area contributed by atoms with E-state index < -0.39 is 24.0 Å². The molecule has 0 amide bonds. The van der Waals surface area contributed by atoms with Crippen molar-refractivity contribution in [2.45, 2.75) is 12.4 Å². The number of rotatable bonds is 1. The lowest BCUT2D eigenvalue weighted by atomic mass is 10.1. The molecule has 0 atom stereocenters. The average molecular weight is 355 g/mol. The van der Waals surface area contributed by atoms with Gasteiger partial charge >= 0.3 is 18.3 Å². The molecule has 1 aromatic heterocycles. The van der Waals surface area contributed by atoms with Gasteiger partial charge in [0.25, 0.3) is 0 Å². The van der Waals surface area contributed by atoms with Crippen LogP contribution in [0.5, 0.6) is 0 Å². The van der Waals surface area contributed by atoms with Gasteiger partial charge in [-0.3, -0.25) is 4.68 Å². The van der Waals surface area contributed by atoms with Crippen LogP contribution in [0.4, 0.5) is 32.0 Å². The molecule has 0 saturated carbocycles. The molecule has 0 unspecified atom stereocenters. The maximum Gasteiger partial charge on any atom is 0.490 e. The summed E-state index contributed by atoms with van der Waals surface area (Å²) in [5.74, 6) is -2.76. The summed E-state index contributed by atoms with van der Waals surface area (Å²) in [5.41, 5.74) is 6.22. The maximum atomic E-state index is 12.5. The van der Waals surface area contributed by atoms with Crippen molar-refractivity contribution in [3.8, 4) is 11.3 Å². The molecular weight excluding hydrogens is 344 g/mol. The molecule has 132 valence electrons. The molecule has 0 aliphatic carbocycles. The van der Waals surface area contributed by atoms with Crippen LogP contribution in [0.3, 0.4) is 0 Å². The molecule has 0 bridgehead atoms. The summed E-state index contributed by atoms with van der Waals surface area (Å²) in [6, 6.07) is 7.61. The van der Waals surface area contributed by atoms with Crippen LogP contribution in [-0.2, 0) is 18.0 Å². The zero-order valence-corrected chi connectivity index (χ0v) is 12.0. The van der Waals surface area contributed by atoms with Crippen LogP contribution in [0.1, 0.15) is 5.69 Å². The largest absolute Gasteiger partial charge is 0.490 e. The van der Waals surface area contributed by atoms with E-state index in [9.17, 15) is 26.3 Å². The summed E-state index contributed by atoms with van der Waals surface area (Å²) in [4.78, 5) is 8.90. The Kier molecular flexibility index (Phi) is 5.48. The van der Waals surface area contributed by atoms with Crippen molar-refractivity contribution >= 4 is 11.7 Å². The quantitative estimate of drug-likeness (QED) is 0.607. The number of benzene rings is 1. The lowest BCUT2D eigenvalue weighted by Crippen LogP contribution is -2.21. The minimum absolute atomic E-state index is 0.400. The molecule has 1 aromatic carbocycles. The zero-order chi connectivity index (χ0) is 18.7. The Bertz CT molecular complexity index is 704. The fourth-order valence-electron chi connectivity index (χ4n) is 1.53. The number of hydrogen-bond acceptors (Lipinski definition) is 3. The molecule has 2 aromatic rings. The Morgan fingerprint density at radius 2 is 1.58 bits per heavy atom. The second kappa shape index (κ2) is 6.81. The van der Waals surface area contributed by atoms with Gasteiger partial charge in [0.15, 0.2) is 5.69 Å². The third-order valence-electron chi connectivity index (χ3n) is 2.62. The van der Waals surface area contributed by atoms with Gasteiger partial charge in [-0.1, -0.05) is 12.1 Å². The van der Waals surface area contributed by atoms with Crippen molar-refractivity contribution in [3.05, 3.63) is 36.0 Å². The van der Waals surface area contributed by atoms with E-state index in [1.165, 1.54) is 11.7 Å². The van der Waals surface area contributed by atoms with Gasteiger partial charge < -0.3 is 10.8 Å². The highest BCUT2D eigenvalue weighted by atomic mass is 19.4. The predicted molar refractivity (Wildman–Crippen MR) is 71.7 cm³/mol. The number of carbonyl (C=O) groups is 1. The first-order valence-corrected chi connectivity index (χ1v) is 6.09. The number of aromatic nitrogens is 2. The Hall–Kier alpha value is -2.72. The lowest BCUT2D eigenvalue weighted by Gasteiger charge is -2.01. The number of nitrogens with zero attached hydrogens (tertiary/aromatic N) is 2. The third kappa shape index (κ3) is 5.18. The Morgan fingerprint density at radius 3 is 1.92 bits per heavy atom. The third-order valence-corrected chi connectivity index (χ3v) is 2.62. The normalized spacial score (nSPS) is 11.6. The molecule has 1 heterocycles. The van der Waals surface area contributed by atoms with E-state index in [2.05, 4.69) is 5.10 Å². The number of carboxylic acids is 1. The number of halogens is 6. The topological polar surface area (TPSA) is 81.1 Å². The Balaban J connectivity index is 0.000000351. The van der Waals surface area contributed by atoms with Crippen molar-refractivity contribution in [1.29, 1.82) is 0 Å². The van der Waals surface area contributed by atoms with Gasteiger partial charge in [-0.15, -0.1) is 0 Å². The van der Waals surface area contributed by atoms with Gasteiger partial charge in [0.1, 0.15) is 0 Å². The molecule has 0 radical (unpaired) electrons. The maximum absolute atomic E-state index is 12.5. The van der Waals surface area contributed by atoms with E-state index in [-0.39, 0.29) is 0 Å². The number of anilines is 1. The zero-order valence-electron chi connectivity index (χ0n) is 12.0. The summed E-state index contributed by atoms with van der Waals surface area (Å²) >= 11 is 0. The van der Waals surface area contributed by atoms with Crippen molar-refractivity contribution in [1.82, 2.24) is 9.78 Å². The molecule has 0 spiro atoms. The van der Waals surface area contributed by atoms with E-state index in [1.807, 2.05) is 0 Å². The Labute approximate surface area is 131 Å². The van der Waals surface area contributed by atoms with Crippen LogP contribution in [0.2, 0.25) is 0 Å². The lowest BCUT2D eigenvalue weighted by molar-refractivity contribution is -0.192. The van der Waals surface area contributed by atoms with Crippen molar-refractivity contribution < 1.29 is 36.2 Å². The van der Waals surface area contributed by atoms with E-state index in [4.69, 9.17) is 15.6 Å². The van der Waals surface area contributed by atoms with Crippen molar-refractivity contribution in [2.24, 2.45) is 7.05 Å². The van der Waals surface area contributed by atoms with E-state index in [0.29, 0.717) is 16.9 Å². The highest BCUT2D eigenvalue weighted by Crippen LogP contribution is 2.31. The number of alkyl halides is 6. The monoisotopic (exact) mass is 355 g/mol. The summed E-state index contributed by atoms with van der Waals surface area (Å²) in [6.07, 6.45) is -9.51. The summed E-state index contributed by atoms with van der Waals surface area (Å²) < 4.78 is 70.3. The molecule has 11 heteroatoms. The standard InChI is InChI=1S/C11H10F3N3.C2HF3O2/c1-17-9(6-10(16-17)11(12,13)14)7-2-4-8(15)5-3-7;3-2(4,5)1(6)7/h2-6H,15H2,1H3;(H,6,7). The van der Waals surface area contributed by atoms with Gasteiger partial charge in [-0.25, -0.2) is 4.79 Å². The van der Waals surface area contributed by atoms with Gasteiger partial charge in [0.2, 0.25) is 0 Å². The van der Waals surface area contributed by atoms with E-state index >= 15 is 0 Å².